The van der Waals surface area contributed by atoms with E-state index < -0.39 is 15.8 Å². The van der Waals surface area contributed by atoms with Gasteiger partial charge in [0.25, 0.3) is 10.0 Å². The van der Waals surface area contributed by atoms with Gasteiger partial charge in [0, 0.05) is 7.05 Å². The second-order valence-electron chi connectivity index (χ2n) is 4.56. The van der Waals surface area contributed by atoms with Crippen LogP contribution >= 0.6 is 0 Å². The number of sulfonamides is 1. The molecule has 0 bridgehead atoms. The molecule has 2 aromatic rings. The number of halogens is 1. The third kappa shape index (κ3) is 2.88. The van der Waals surface area contributed by atoms with Crippen molar-refractivity contribution in [1.82, 2.24) is 0 Å². The molecule has 0 spiro atoms. The smallest absolute Gasteiger partial charge is 0.264 e. The van der Waals surface area contributed by atoms with Crippen LogP contribution < -0.4 is 4.31 Å². The fraction of sp³-hybridized carbons (Fsp3) is 0.133. The van der Waals surface area contributed by atoms with Gasteiger partial charge in [-0.1, -0.05) is 12.1 Å². The molecule has 4 nitrogen and oxygen atoms in total. The SMILES string of the molecule is Cc1cccc(N(C)S(=O)(=O)c2ccc(F)c(C#N)c2)c1. The molecule has 2 rings (SSSR count). The molecule has 0 aliphatic carbocycles. The number of nitriles is 1. The Kier molecular flexibility index (Phi) is 3.96. The lowest BCUT2D eigenvalue weighted by atomic mass is 10.2. The van der Waals surface area contributed by atoms with E-state index in [4.69, 9.17) is 5.26 Å². The average molecular weight is 304 g/mol. The van der Waals surface area contributed by atoms with Gasteiger partial charge in [-0.05, 0) is 42.8 Å². The summed E-state index contributed by atoms with van der Waals surface area (Å²) in [6, 6.07) is 11.8. The van der Waals surface area contributed by atoms with Gasteiger partial charge in [0.15, 0.2) is 0 Å². The van der Waals surface area contributed by atoms with Crippen LogP contribution in [0.25, 0.3) is 0 Å². The second-order valence-corrected chi connectivity index (χ2v) is 6.53. The summed E-state index contributed by atoms with van der Waals surface area (Å²) >= 11 is 0. The van der Waals surface area contributed by atoms with E-state index in [1.165, 1.54) is 7.05 Å². The quantitative estimate of drug-likeness (QED) is 0.876. The van der Waals surface area contributed by atoms with Gasteiger partial charge >= 0.3 is 0 Å². The van der Waals surface area contributed by atoms with Crippen LogP contribution in [0, 0.1) is 24.1 Å². The molecule has 0 aromatic heterocycles. The summed E-state index contributed by atoms with van der Waals surface area (Å²) in [6.45, 7) is 1.86. The van der Waals surface area contributed by atoms with Crippen LogP contribution in [0.5, 0.6) is 0 Å². The lowest BCUT2D eigenvalue weighted by molar-refractivity contribution is 0.592. The zero-order valence-electron chi connectivity index (χ0n) is 11.5. The maximum atomic E-state index is 13.3. The summed E-state index contributed by atoms with van der Waals surface area (Å²) in [4.78, 5) is -0.121. The predicted octanol–water partition coefficient (Wildman–Crippen LogP) is 2.83. The molecular formula is C15H13FN2O2S. The van der Waals surface area contributed by atoms with Gasteiger partial charge in [-0.3, -0.25) is 4.31 Å². The van der Waals surface area contributed by atoms with Crippen molar-refractivity contribution in [1.29, 1.82) is 5.26 Å². The topological polar surface area (TPSA) is 61.2 Å². The zero-order valence-corrected chi connectivity index (χ0v) is 12.4. The summed E-state index contributed by atoms with van der Waals surface area (Å²) in [5.74, 6) is -0.741. The maximum absolute atomic E-state index is 13.3. The summed E-state index contributed by atoms with van der Waals surface area (Å²) in [5.41, 5.74) is 1.12. The monoisotopic (exact) mass is 304 g/mol. The lowest BCUT2D eigenvalue weighted by Gasteiger charge is -2.20. The Morgan fingerprint density at radius 2 is 1.90 bits per heavy atom. The minimum absolute atomic E-state index is 0.121. The highest BCUT2D eigenvalue weighted by atomic mass is 32.2. The predicted molar refractivity (Wildman–Crippen MR) is 77.9 cm³/mol. The molecule has 0 N–H and O–H groups in total. The highest BCUT2D eigenvalue weighted by molar-refractivity contribution is 7.92. The Hall–Kier alpha value is -2.39. The van der Waals surface area contributed by atoms with Crippen LogP contribution in [0.4, 0.5) is 10.1 Å². The molecule has 6 heteroatoms. The van der Waals surface area contributed by atoms with Gasteiger partial charge in [0.1, 0.15) is 11.9 Å². The van der Waals surface area contributed by atoms with Gasteiger partial charge in [0.05, 0.1) is 16.1 Å². The number of nitrogens with zero attached hydrogens (tertiary/aromatic N) is 2. The van der Waals surface area contributed by atoms with E-state index in [0.29, 0.717) is 5.69 Å². The van der Waals surface area contributed by atoms with Crippen molar-refractivity contribution in [2.75, 3.05) is 11.4 Å². The second kappa shape index (κ2) is 5.54. The van der Waals surface area contributed by atoms with Crippen molar-refractivity contribution in [2.24, 2.45) is 0 Å². The summed E-state index contributed by atoms with van der Waals surface area (Å²) in [5, 5.41) is 8.80. The molecule has 0 heterocycles. The first-order valence-electron chi connectivity index (χ1n) is 6.11. The maximum Gasteiger partial charge on any atom is 0.264 e. The minimum atomic E-state index is -3.84. The van der Waals surface area contributed by atoms with E-state index in [1.54, 1.807) is 24.3 Å². The van der Waals surface area contributed by atoms with E-state index in [2.05, 4.69) is 0 Å². The molecule has 0 fully saturated rings. The van der Waals surface area contributed by atoms with Crippen LogP contribution in [-0.4, -0.2) is 15.5 Å². The Balaban J connectivity index is 2.49. The van der Waals surface area contributed by atoms with E-state index in [-0.39, 0.29) is 10.5 Å². The van der Waals surface area contributed by atoms with Crippen LogP contribution in [-0.2, 0) is 10.0 Å². The van der Waals surface area contributed by atoms with Crippen LogP contribution in [0.3, 0.4) is 0 Å². The Morgan fingerprint density at radius 3 is 2.52 bits per heavy atom. The van der Waals surface area contributed by atoms with Crippen molar-refractivity contribution in [3.63, 3.8) is 0 Å². The molecule has 0 amide bonds. The number of rotatable bonds is 3. The van der Waals surface area contributed by atoms with Gasteiger partial charge in [-0.15, -0.1) is 0 Å². The van der Waals surface area contributed by atoms with E-state index in [0.717, 1.165) is 28.1 Å². The number of aryl methyl sites for hydroxylation is 1. The lowest BCUT2D eigenvalue weighted by Crippen LogP contribution is -2.26. The van der Waals surface area contributed by atoms with Crippen molar-refractivity contribution in [2.45, 2.75) is 11.8 Å². The molecule has 0 atom stereocenters. The molecular weight excluding hydrogens is 291 g/mol. The van der Waals surface area contributed by atoms with E-state index >= 15 is 0 Å². The van der Waals surface area contributed by atoms with Gasteiger partial charge in [-0.25, -0.2) is 12.8 Å². The third-order valence-corrected chi connectivity index (χ3v) is 4.86. The van der Waals surface area contributed by atoms with Crippen molar-refractivity contribution >= 4 is 15.7 Å². The number of hydrogen-bond donors (Lipinski definition) is 0. The van der Waals surface area contributed by atoms with E-state index in [9.17, 15) is 12.8 Å². The Labute approximate surface area is 123 Å². The average Bonchev–Trinajstić information content (AvgIpc) is 2.46. The fourth-order valence-electron chi connectivity index (χ4n) is 1.87. The molecule has 2 aromatic carbocycles. The van der Waals surface area contributed by atoms with Crippen molar-refractivity contribution < 1.29 is 12.8 Å². The molecule has 0 unspecified atom stereocenters. The number of benzene rings is 2. The minimum Gasteiger partial charge on any atom is -0.269 e. The summed E-state index contributed by atoms with van der Waals surface area (Å²) in [6.07, 6.45) is 0. The van der Waals surface area contributed by atoms with Crippen LogP contribution in [0.2, 0.25) is 0 Å². The molecule has 108 valence electrons. The third-order valence-electron chi connectivity index (χ3n) is 3.08. The van der Waals surface area contributed by atoms with Gasteiger partial charge < -0.3 is 0 Å². The zero-order chi connectivity index (χ0) is 15.6. The van der Waals surface area contributed by atoms with Crippen molar-refractivity contribution in [3.8, 4) is 6.07 Å². The largest absolute Gasteiger partial charge is 0.269 e. The van der Waals surface area contributed by atoms with Crippen molar-refractivity contribution in [3.05, 3.63) is 59.4 Å². The summed E-state index contributed by atoms with van der Waals surface area (Å²) in [7, 11) is -2.43. The number of hydrogen-bond acceptors (Lipinski definition) is 3. The first-order valence-corrected chi connectivity index (χ1v) is 7.55. The number of anilines is 1. The highest BCUT2D eigenvalue weighted by Gasteiger charge is 2.22. The molecule has 0 aliphatic heterocycles. The van der Waals surface area contributed by atoms with Gasteiger partial charge in [0.2, 0.25) is 0 Å². The Morgan fingerprint density at radius 1 is 1.19 bits per heavy atom. The first-order chi connectivity index (χ1) is 9.86. The molecule has 0 saturated heterocycles. The van der Waals surface area contributed by atoms with Gasteiger partial charge in [-0.2, -0.15) is 5.26 Å². The highest BCUT2D eigenvalue weighted by Crippen LogP contribution is 2.24. The Bertz CT molecular complexity index is 826. The molecule has 0 radical (unpaired) electrons. The first kappa shape index (κ1) is 15.0. The molecule has 0 saturated carbocycles. The molecule has 21 heavy (non-hydrogen) atoms. The standard InChI is InChI=1S/C15H13FN2O2S/c1-11-4-3-5-13(8-11)18(2)21(19,20)14-6-7-15(16)12(9-14)10-17/h3-9H,1-2H3. The fourth-order valence-corrected chi connectivity index (χ4v) is 3.09. The van der Waals surface area contributed by atoms with Crippen LogP contribution in [0.1, 0.15) is 11.1 Å². The van der Waals surface area contributed by atoms with Crippen LogP contribution in [0.15, 0.2) is 47.4 Å². The molecule has 0 aliphatic rings. The summed E-state index contributed by atoms with van der Waals surface area (Å²) < 4.78 is 39.4. The normalized spacial score (nSPS) is 11.0. The van der Waals surface area contributed by atoms with E-state index in [1.807, 2.05) is 13.0 Å².